The van der Waals surface area contributed by atoms with E-state index in [1.807, 2.05) is 0 Å². The first-order valence-corrected chi connectivity index (χ1v) is 5.19. The van der Waals surface area contributed by atoms with Gasteiger partial charge in [0.2, 0.25) is 11.8 Å². The van der Waals surface area contributed by atoms with Crippen LogP contribution in [0.25, 0.3) is 0 Å². The zero-order valence-corrected chi connectivity index (χ0v) is 9.69. The summed E-state index contributed by atoms with van der Waals surface area (Å²) in [6, 6.07) is -0.894. The molecule has 0 rings (SSSR count). The summed E-state index contributed by atoms with van der Waals surface area (Å²) in [7, 11) is 0. The zero-order valence-electron chi connectivity index (χ0n) is 9.69. The van der Waals surface area contributed by atoms with Gasteiger partial charge in [0.25, 0.3) is 0 Å². The summed E-state index contributed by atoms with van der Waals surface area (Å²) in [5, 5.41) is 2.35. The highest BCUT2D eigenvalue weighted by Crippen LogP contribution is 1.96. The first kappa shape index (κ1) is 15.0. The summed E-state index contributed by atoms with van der Waals surface area (Å²) in [6.45, 7) is 1.94. The van der Waals surface area contributed by atoms with E-state index in [2.05, 4.69) is 16.0 Å². The number of hydrogen-bond donors (Lipinski definition) is 2. The maximum absolute atomic E-state index is 11.3. The third-order valence-electron chi connectivity index (χ3n) is 1.86. The molecule has 0 fully saturated rings. The van der Waals surface area contributed by atoms with Crippen LogP contribution < -0.4 is 11.1 Å². The molecule has 17 heavy (non-hydrogen) atoms. The molecule has 6 nitrogen and oxygen atoms in total. The van der Waals surface area contributed by atoms with Crippen molar-refractivity contribution in [3.8, 4) is 12.3 Å². The van der Waals surface area contributed by atoms with Gasteiger partial charge in [0, 0.05) is 12.8 Å². The Balaban J connectivity index is 4.03. The van der Waals surface area contributed by atoms with Crippen LogP contribution in [0.5, 0.6) is 0 Å². The van der Waals surface area contributed by atoms with Crippen molar-refractivity contribution in [3.63, 3.8) is 0 Å². The second-order valence-corrected chi connectivity index (χ2v) is 3.24. The number of ether oxygens (including phenoxy) is 1. The number of amides is 2. The molecule has 0 aromatic heterocycles. The molecule has 1 atom stereocenters. The lowest BCUT2D eigenvalue weighted by Gasteiger charge is -2.12. The van der Waals surface area contributed by atoms with Crippen molar-refractivity contribution in [1.29, 1.82) is 0 Å². The van der Waals surface area contributed by atoms with Gasteiger partial charge in [0.1, 0.15) is 6.04 Å². The van der Waals surface area contributed by atoms with E-state index in [9.17, 15) is 14.4 Å². The third-order valence-corrected chi connectivity index (χ3v) is 1.86. The summed E-state index contributed by atoms with van der Waals surface area (Å²) in [5.74, 6) is 0.607. The smallest absolute Gasteiger partial charge is 0.306 e. The van der Waals surface area contributed by atoms with E-state index in [1.165, 1.54) is 0 Å². The van der Waals surface area contributed by atoms with Gasteiger partial charge in [-0.25, -0.2) is 0 Å². The summed E-state index contributed by atoms with van der Waals surface area (Å²) in [6.07, 6.45) is 4.95. The van der Waals surface area contributed by atoms with Crippen LogP contribution >= 0.6 is 0 Å². The van der Waals surface area contributed by atoms with Gasteiger partial charge in [-0.3, -0.25) is 14.4 Å². The fourth-order valence-corrected chi connectivity index (χ4v) is 1.06. The zero-order chi connectivity index (χ0) is 13.3. The second-order valence-electron chi connectivity index (χ2n) is 3.24. The molecule has 0 aromatic rings. The lowest BCUT2D eigenvalue weighted by molar-refractivity contribution is -0.144. The molecule has 0 radical (unpaired) electrons. The van der Waals surface area contributed by atoms with Gasteiger partial charge in [0.05, 0.1) is 13.0 Å². The summed E-state index contributed by atoms with van der Waals surface area (Å²) >= 11 is 0. The molecule has 0 saturated heterocycles. The van der Waals surface area contributed by atoms with Gasteiger partial charge in [0.15, 0.2) is 0 Å². The average molecular weight is 240 g/mol. The highest BCUT2D eigenvalue weighted by molar-refractivity contribution is 5.88. The molecule has 6 heteroatoms. The largest absolute Gasteiger partial charge is 0.466 e. The van der Waals surface area contributed by atoms with Crippen molar-refractivity contribution >= 4 is 17.8 Å². The highest BCUT2D eigenvalue weighted by atomic mass is 16.5. The topological polar surface area (TPSA) is 98.5 Å². The van der Waals surface area contributed by atoms with E-state index in [0.29, 0.717) is 0 Å². The number of terminal acetylenes is 1. The Kier molecular flexibility index (Phi) is 7.19. The van der Waals surface area contributed by atoms with Crippen LogP contribution in [0, 0.1) is 12.3 Å². The molecular weight excluding hydrogens is 224 g/mol. The number of rotatable bonds is 7. The SMILES string of the molecule is C#CC[C@H](NC(=O)CCC(=O)OCC)C(N)=O. The average Bonchev–Trinajstić information content (AvgIpc) is 2.26. The number of hydrogen-bond acceptors (Lipinski definition) is 4. The van der Waals surface area contributed by atoms with Crippen LogP contribution in [-0.2, 0) is 19.1 Å². The quantitative estimate of drug-likeness (QED) is 0.455. The summed E-state index contributed by atoms with van der Waals surface area (Å²) in [4.78, 5) is 33.2. The third kappa shape index (κ3) is 6.95. The molecule has 0 heterocycles. The Bertz CT molecular complexity index is 333. The molecule has 0 aliphatic carbocycles. The number of esters is 1. The number of carbonyl (C=O) groups excluding carboxylic acids is 3. The Morgan fingerprint density at radius 3 is 2.53 bits per heavy atom. The molecule has 2 amide bonds. The van der Waals surface area contributed by atoms with E-state index < -0.39 is 23.8 Å². The van der Waals surface area contributed by atoms with Crippen LogP contribution in [0.4, 0.5) is 0 Å². The predicted octanol–water partition coefficient (Wildman–Crippen LogP) is -0.677. The van der Waals surface area contributed by atoms with Crippen molar-refractivity contribution in [2.24, 2.45) is 5.73 Å². The van der Waals surface area contributed by atoms with Gasteiger partial charge in [-0.05, 0) is 6.92 Å². The molecule has 0 saturated carbocycles. The molecule has 0 aliphatic rings. The molecule has 0 spiro atoms. The number of nitrogens with two attached hydrogens (primary N) is 1. The first-order valence-electron chi connectivity index (χ1n) is 5.19. The number of primary amides is 1. The fourth-order valence-electron chi connectivity index (χ4n) is 1.06. The predicted molar refractivity (Wildman–Crippen MR) is 60.4 cm³/mol. The Morgan fingerprint density at radius 2 is 2.06 bits per heavy atom. The highest BCUT2D eigenvalue weighted by Gasteiger charge is 2.17. The maximum atomic E-state index is 11.3. The van der Waals surface area contributed by atoms with E-state index in [-0.39, 0.29) is 25.9 Å². The lowest BCUT2D eigenvalue weighted by Crippen LogP contribution is -2.44. The maximum Gasteiger partial charge on any atom is 0.306 e. The van der Waals surface area contributed by atoms with Gasteiger partial charge in [-0.15, -0.1) is 12.3 Å². The molecule has 3 N–H and O–H groups in total. The van der Waals surface area contributed by atoms with Crippen LogP contribution in [0.1, 0.15) is 26.2 Å². The standard InChI is InChI=1S/C11H16N2O4/c1-3-5-8(11(12)16)13-9(14)6-7-10(15)17-4-2/h1,8H,4-7H2,2H3,(H2,12,16)(H,13,14)/t8-/m0/s1. The van der Waals surface area contributed by atoms with Gasteiger partial charge in [-0.2, -0.15) is 0 Å². The van der Waals surface area contributed by atoms with Crippen molar-refractivity contribution in [3.05, 3.63) is 0 Å². The minimum absolute atomic E-state index is 0.0283. The Hall–Kier alpha value is -2.03. The second kappa shape index (κ2) is 8.16. The lowest BCUT2D eigenvalue weighted by atomic mass is 10.2. The molecular formula is C11H16N2O4. The van der Waals surface area contributed by atoms with Crippen LogP contribution in [0.3, 0.4) is 0 Å². The van der Waals surface area contributed by atoms with Crippen LogP contribution in [0.15, 0.2) is 0 Å². The van der Waals surface area contributed by atoms with Gasteiger partial charge >= 0.3 is 5.97 Å². The van der Waals surface area contributed by atoms with Crippen molar-refractivity contribution < 1.29 is 19.1 Å². The molecule has 0 bridgehead atoms. The molecule has 0 aromatic carbocycles. The van der Waals surface area contributed by atoms with E-state index in [1.54, 1.807) is 6.92 Å². The number of nitrogens with one attached hydrogen (secondary N) is 1. The van der Waals surface area contributed by atoms with Crippen molar-refractivity contribution in [2.75, 3.05) is 6.61 Å². The summed E-state index contributed by atoms with van der Waals surface area (Å²) in [5.41, 5.74) is 5.03. The van der Waals surface area contributed by atoms with Gasteiger partial charge in [-0.1, -0.05) is 0 Å². The van der Waals surface area contributed by atoms with E-state index in [0.717, 1.165) is 0 Å². The van der Waals surface area contributed by atoms with Crippen LogP contribution in [-0.4, -0.2) is 30.4 Å². The number of carbonyl (C=O) groups is 3. The van der Waals surface area contributed by atoms with E-state index >= 15 is 0 Å². The summed E-state index contributed by atoms with van der Waals surface area (Å²) < 4.78 is 4.65. The van der Waals surface area contributed by atoms with E-state index in [4.69, 9.17) is 12.2 Å². The first-order chi connectivity index (χ1) is 8.01. The van der Waals surface area contributed by atoms with Crippen LogP contribution in [0.2, 0.25) is 0 Å². The normalized spacial score (nSPS) is 11.1. The minimum Gasteiger partial charge on any atom is -0.466 e. The molecule has 0 aliphatic heterocycles. The fraction of sp³-hybridized carbons (Fsp3) is 0.545. The van der Waals surface area contributed by atoms with Gasteiger partial charge < -0.3 is 15.8 Å². The van der Waals surface area contributed by atoms with Crippen molar-refractivity contribution in [1.82, 2.24) is 5.32 Å². The monoisotopic (exact) mass is 240 g/mol. The van der Waals surface area contributed by atoms with Crippen molar-refractivity contribution in [2.45, 2.75) is 32.2 Å². The minimum atomic E-state index is -0.894. The molecule has 0 unspecified atom stereocenters. The Labute approximate surface area is 99.9 Å². The Morgan fingerprint density at radius 1 is 1.41 bits per heavy atom. The molecule has 94 valence electrons.